The summed E-state index contributed by atoms with van der Waals surface area (Å²) in [5.74, 6) is -2.52. The number of hydrogen-bond acceptors (Lipinski definition) is 5. The minimum absolute atomic E-state index is 0.0190. The number of carboxylic acid groups (broad SMARTS) is 1. The third-order valence-corrected chi connectivity index (χ3v) is 8.77. The van der Waals surface area contributed by atoms with Crippen molar-refractivity contribution in [1.82, 2.24) is 8.96 Å². The molecule has 2 aromatic heterocycles. The summed E-state index contributed by atoms with van der Waals surface area (Å²) >= 11 is 1.39. The summed E-state index contributed by atoms with van der Waals surface area (Å²) in [5.41, 5.74) is -0.00897. The van der Waals surface area contributed by atoms with Crippen molar-refractivity contribution in [3.05, 3.63) is 76.9 Å². The molecule has 35 heavy (non-hydrogen) atoms. The maximum atomic E-state index is 14.0. The maximum absolute atomic E-state index is 14.0. The van der Waals surface area contributed by atoms with Crippen LogP contribution in [-0.4, -0.2) is 28.5 Å². The molecule has 184 valence electrons. The van der Waals surface area contributed by atoms with Crippen molar-refractivity contribution in [2.45, 2.75) is 37.6 Å². The van der Waals surface area contributed by atoms with Gasteiger partial charge in [-0.15, -0.1) is 17.9 Å². The first kappa shape index (κ1) is 24.9. The molecule has 4 aromatic rings. The lowest BCUT2D eigenvalue weighted by Crippen LogP contribution is -2.25. The van der Waals surface area contributed by atoms with Gasteiger partial charge in [0.25, 0.3) is 0 Å². The van der Waals surface area contributed by atoms with E-state index in [0.717, 1.165) is 31.9 Å². The number of carboxylic acids is 1. The average molecular weight is 523 g/mol. The highest BCUT2D eigenvalue weighted by Crippen LogP contribution is 2.38. The second-order valence-corrected chi connectivity index (χ2v) is 11.2. The van der Waals surface area contributed by atoms with Crippen LogP contribution in [0.1, 0.15) is 46.3 Å². The van der Waals surface area contributed by atoms with E-state index in [1.807, 2.05) is 6.92 Å². The van der Waals surface area contributed by atoms with Crippen LogP contribution in [0.5, 0.6) is 0 Å². The number of benzene rings is 2. The summed E-state index contributed by atoms with van der Waals surface area (Å²) in [4.78, 5) is 16.3. The van der Waals surface area contributed by atoms with Gasteiger partial charge in [-0.1, -0.05) is 19.1 Å². The molecule has 0 amide bonds. The summed E-state index contributed by atoms with van der Waals surface area (Å²) in [6.45, 7) is 7.08. The lowest BCUT2D eigenvalue weighted by Gasteiger charge is -2.21. The van der Waals surface area contributed by atoms with E-state index in [2.05, 4.69) is 11.6 Å². The molecule has 6 nitrogen and oxygen atoms in total. The standard InChI is InChI=1S/C24H21F3N2O4S2/c1-4-17(23(30)31)20-11-15-10-16(24(25,26)27)7-9-19(15)29(20)35(32,33)22(5-2)14-6-8-18-21(12-14)34-13(3)28-18/h5-12,17,22H,2,4H2,1,3H3,(H,30,31). The third kappa shape index (κ3) is 4.34. The smallest absolute Gasteiger partial charge is 0.416 e. The Morgan fingerprint density at radius 3 is 2.54 bits per heavy atom. The van der Waals surface area contributed by atoms with Gasteiger partial charge in [-0.25, -0.2) is 17.4 Å². The molecule has 0 fully saturated rings. The number of aryl methyl sites for hydroxylation is 1. The number of hydrogen-bond donors (Lipinski definition) is 1. The van der Waals surface area contributed by atoms with Gasteiger partial charge in [0.1, 0.15) is 5.25 Å². The average Bonchev–Trinajstić information content (AvgIpc) is 3.32. The fourth-order valence-electron chi connectivity index (χ4n) is 4.20. The molecule has 0 aliphatic heterocycles. The molecule has 2 unspecified atom stereocenters. The van der Waals surface area contributed by atoms with Gasteiger partial charge in [0.05, 0.1) is 32.2 Å². The van der Waals surface area contributed by atoms with E-state index in [1.54, 1.807) is 25.1 Å². The number of nitrogens with zero attached hydrogens (tertiary/aromatic N) is 2. The van der Waals surface area contributed by atoms with Crippen molar-refractivity contribution in [2.24, 2.45) is 0 Å². The third-order valence-electron chi connectivity index (χ3n) is 5.81. The zero-order chi connectivity index (χ0) is 25.7. The van der Waals surface area contributed by atoms with Crippen LogP contribution in [0.15, 0.2) is 55.1 Å². The number of rotatable bonds is 7. The van der Waals surface area contributed by atoms with Crippen molar-refractivity contribution in [3.8, 4) is 0 Å². The fraction of sp³-hybridized carbons (Fsp3) is 0.250. The first-order chi connectivity index (χ1) is 16.4. The minimum Gasteiger partial charge on any atom is -0.481 e. The topological polar surface area (TPSA) is 89.3 Å². The molecule has 0 aliphatic carbocycles. The lowest BCUT2D eigenvalue weighted by molar-refractivity contribution is -0.139. The quantitative estimate of drug-likeness (QED) is 0.289. The Morgan fingerprint density at radius 1 is 1.23 bits per heavy atom. The highest BCUT2D eigenvalue weighted by molar-refractivity contribution is 7.90. The van der Waals surface area contributed by atoms with Crippen LogP contribution < -0.4 is 0 Å². The van der Waals surface area contributed by atoms with E-state index in [1.165, 1.54) is 23.5 Å². The van der Waals surface area contributed by atoms with Crippen molar-refractivity contribution in [3.63, 3.8) is 0 Å². The molecule has 0 bridgehead atoms. The molecule has 0 saturated heterocycles. The zero-order valence-electron chi connectivity index (χ0n) is 18.7. The molecule has 2 aromatic carbocycles. The van der Waals surface area contributed by atoms with Crippen LogP contribution in [-0.2, 0) is 21.0 Å². The van der Waals surface area contributed by atoms with Gasteiger partial charge in [0.15, 0.2) is 0 Å². The van der Waals surface area contributed by atoms with E-state index < -0.39 is 38.9 Å². The Hall–Kier alpha value is -3.18. The lowest BCUT2D eigenvalue weighted by atomic mass is 10.0. The first-order valence-corrected chi connectivity index (χ1v) is 12.9. The molecular weight excluding hydrogens is 501 g/mol. The van der Waals surface area contributed by atoms with Crippen LogP contribution in [0.2, 0.25) is 0 Å². The summed E-state index contributed by atoms with van der Waals surface area (Å²) in [7, 11) is -4.38. The summed E-state index contributed by atoms with van der Waals surface area (Å²) < 4.78 is 69.5. The van der Waals surface area contributed by atoms with Crippen LogP contribution in [0.25, 0.3) is 21.1 Å². The number of thiazole rings is 1. The van der Waals surface area contributed by atoms with Gasteiger partial charge in [-0.2, -0.15) is 13.2 Å². The van der Waals surface area contributed by atoms with Crippen LogP contribution in [0.4, 0.5) is 13.2 Å². The Bertz CT molecular complexity index is 1570. The van der Waals surface area contributed by atoms with Gasteiger partial charge in [-0.3, -0.25) is 4.79 Å². The second-order valence-electron chi connectivity index (χ2n) is 8.07. The molecular formula is C24H21F3N2O4S2. The normalized spacial score (nSPS) is 14.3. The monoisotopic (exact) mass is 522 g/mol. The van der Waals surface area contributed by atoms with Gasteiger partial charge in [-0.05, 0) is 55.3 Å². The molecule has 11 heteroatoms. The molecule has 0 saturated carbocycles. The summed E-state index contributed by atoms with van der Waals surface area (Å²) in [5, 5.41) is 9.25. The molecule has 0 spiro atoms. The van der Waals surface area contributed by atoms with Gasteiger partial charge >= 0.3 is 12.1 Å². The summed E-state index contributed by atoms with van der Waals surface area (Å²) in [6.07, 6.45) is -3.37. The summed E-state index contributed by atoms with van der Waals surface area (Å²) in [6, 6.07) is 8.86. The predicted octanol–water partition coefficient (Wildman–Crippen LogP) is 6.26. The van der Waals surface area contributed by atoms with E-state index in [4.69, 9.17) is 0 Å². The Kier molecular flexibility index (Phi) is 6.26. The largest absolute Gasteiger partial charge is 0.481 e. The molecule has 0 aliphatic rings. The van der Waals surface area contributed by atoms with Gasteiger partial charge < -0.3 is 5.11 Å². The molecule has 0 radical (unpaired) electrons. The van der Waals surface area contributed by atoms with Gasteiger partial charge in [0, 0.05) is 11.1 Å². The van der Waals surface area contributed by atoms with Crippen LogP contribution >= 0.6 is 11.3 Å². The Labute approximate surface area is 203 Å². The number of alkyl halides is 3. The molecule has 2 heterocycles. The van der Waals surface area contributed by atoms with Crippen LogP contribution in [0.3, 0.4) is 0 Å². The van der Waals surface area contributed by atoms with Crippen LogP contribution in [0, 0.1) is 6.92 Å². The van der Waals surface area contributed by atoms with Crippen molar-refractivity contribution in [2.75, 3.05) is 0 Å². The highest BCUT2D eigenvalue weighted by Gasteiger charge is 2.36. The minimum atomic E-state index is -4.64. The molecule has 4 rings (SSSR count). The molecule has 2 atom stereocenters. The predicted molar refractivity (Wildman–Crippen MR) is 129 cm³/mol. The highest BCUT2D eigenvalue weighted by atomic mass is 32.2. The van der Waals surface area contributed by atoms with Gasteiger partial charge in [0.2, 0.25) is 10.0 Å². The fourth-order valence-corrected chi connectivity index (χ4v) is 6.95. The molecule has 1 N–H and O–H groups in total. The van der Waals surface area contributed by atoms with E-state index in [9.17, 15) is 31.5 Å². The van der Waals surface area contributed by atoms with E-state index in [-0.39, 0.29) is 23.0 Å². The Morgan fingerprint density at radius 2 is 1.94 bits per heavy atom. The zero-order valence-corrected chi connectivity index (χ0v) is 20.3. The number of aliphatic carboxylic acids is 1. The van der Waals surface area contributed by atoms with E-state index in [0.29, 0.717) is 11.1 Å². The van der Waals surface area contributed by atoms with Crippen molar-refractivity contribution in [1.29, 1.82) is 0 Å². The number of halogens is 3. The second kappa shape index (κ2) is 8.80. The van der Waals surface area contributed by atoms with E-state index >= 15 is 0 Å². The number of carbonyl (C=O) groups is 1. The number of fused-ring (bicyclic) bond motifs is 2. The maximum Gasteiger partial charge on any atom is 0.416 e. The number of aromatic nitrogens is 2. The van der Waals surface area contributed by atoms with Crippen molar-refractivity contribution < 1.29 is 31.5 Å². The van der Waals surface area contributed by atoms with Crippen molar-refractivity contribution >= 4 is 48.4 Å². The SMILES string of the molecule is C=CC(c1ccc2nc(C)sc2c1)S(=O)(=O)n1c(C(CC)C(=O)O)cc2cc(C(F)(F)F)ccc21. The Balaban J connectivity index is 1.98. The first-order valence-electron chi connectivity index (χ1n) is 10.6.